The fourth-order valence-electron chi connectivity index (χ4n) is 1.36. The van der Waals surface area contributed by atoms with Gasteiger partial charge in [0.05, 0.1) is 0 Å². The zero-order valence-corrected chi connectivity index (χ0v) is 13.1. The van der Waals surface area contributed by atoms with Gasteiger partial charge < -0.3 is 17.8 Å². The molecule has 0 heterocycles. The van der Waals surface area contributed by atoms with Crippen LogP contribution in [0.4, 0.5) is 12.9 Å². The largest absolute Gasteiger partial charge is 1.00 e. The first-order valence-electron chi connectivity index (χ1n) is 4.51. The molecule has 0 fully saturated rings. The summed E-state index contributed by atoms with van der Waals surface area (Å²) in [6.07, 6.45) is -0.855. The Morgan fingerprint density at radius 1 is 1.31 bits per heavy atom. The van der Waals surface area contributed by atoms with Gasteiger partial charge in [0.2, 0.25) is 0 Å². The van der Waals surface area contributed by atoms with E-state index in [1.165, 1.54) is 11.9 Å². The van der Waals surface area contributed by atoms with E-state index in [2.05, 4.69) is 0 Å². The van der Waals surface area contributed by atoms with Gasteiger partial charge in [-0.1, -0.05) is 23.7 Å². The van der Waals surface area contributed by atoms with Gasteiger partial charge in [-0.05, 0) is 31.2 Å². The summed E-state index contributed by atoms with van der Waals surface area (Å²) in [6.45, 7) is -4.51. The molecule has 1 aromatic rings. The molecule has 0 aliphatic carbocycles. The maximum absolute atomic E-state index is 12.1. The molecule has 0 radical (unpaired) electrons. The van der Waals surface area contributed by atoms with Gasteiger partial charge in [0.15, 0.2) is 0 Å². The van der Waals surface area contributed by atoms with Crippen LogP contribution in [-0.4, -0.2) is 25.4 Å². The summed E-state index contributed by atoms with van der Waals surface area (Å²) in [5.41, 5.74) is 0.782. The molecule has 0 aliphatic heterocycles. The van der Waals surface area contributed by atoms with E-state index in [0.717, 1.165) is 5.56 Å². The summed E-state index contributed by atoms with van der Waals surface area (Å²) in [7, 11) is 1.44. The summed E-state index contributed by atoms with van der Waals surface area (Å²) >= 11 is 5.72. The summed E-state index contributed by atoms with van der Waals surface area (Å²) in [6, 6.07) is 6.84. The van der Waals surface area contributed by atoms with Crippen LogP contribution in [0, 0.1) is 0 Å². The number of halogens is 4. The van der Waals surface area contributed by atoms with Crippen LogP contribution in [0.3, 0.4) is 0 Å². The molecule has 84 valence electrons. The average Bonchev–Trinajstić information content (AvgIpc) is 1.99. The van der Waals surface area contributed by atoms with Crippen LogP contribution in [-0.2, 0) is 6.54 Å². The minimum Gasteiger partial charge on any atom is -0.448 e. The van der Waals surface area contributed by atoms with Gasteiger partial charge in [-0.15, -0.1) is 0 Å². The smallest absolute Gasteiger partial charge is 0.448 e. The van der Waals surface area contributed by atoms with Crippen LogP contribution in [0.2, 0.25) is 5.02 Å². The van der Waals surface area contributed by atoms with Crippen molar-refractivity contribution in [2.24, 2.45) is 0 Å². The first-order valence-corrected chi connectivity index (χ1v) is 4.88. The topological polar surface area (TPSA) is 3.24 Å². The molecule has 1 aromatic carbocycles. The van der Waals surface area contributed by atoms with E-state index in [0.29, 0.717) is 5.02 Å². The molecule has 0 aromatic heterocycles. The van der Waals surface area contributed by atoms with Gasteiger partial charge in [-0.25, -0.2) is 0 Å². The van der Waals surface area contributed by atoms with E-state index < -0.39 is 13.4 Å². The minimum absolute atomic E-state index is 0. The molecule has 16 heavy (non-hydrogen) atoms. The third-order valence-electron chi connectivity index (χ3n) is 1.86. The van der Waals surface area contributed by atoms with E-state index in [1.54, 1.807) is 24.3 Å². The van der Waals surface area contributed by atoms with Crippen molar-refractivity contribution in [2.45, 2.75) is 6.54 Å². The third kappa shape index (κ3) is 7.32. The van der Waals surface area contributed by atoms with E-state index in [4.69, 9.17) is 11.6 Å². The first kappa shape index (κ1) is 17.0. The molecule has 0 aliphatic rings. The molecule has 0 saturated heterocycles. The summed E-state index contributed by atoms with van der Waals surface area (Å²) < 4.78 is 36.2. The zero-order valence-electron chi connectivity index (χ0n) is 9.26. The van der Waals surface area contributed by atoms with E-state index in [9.17, 15) is 12.9 Å². The Hall–Kier alpha value is 0.961. The molecule has 1 rings (SSSR count). The Balaban J connectivity index is 0.00000225. The quantitative estimate of drug-likeness (QED) is 0.708. The molecule has 0 saturated carbocycles. The van der Waals surface area contributed by atoms with Crippen LogP contribution in [0.15, 0.2) is 24.3 Å². The van der Waals surface area contributed by atoms with Crippen LogP contribution in [0.25, 0.3) is 0 Å². The molecular weight excluding hydrogens is 264 g/mol. The predicted molar refractivity (Wildman–Crippen MR) is 56.9 cm³/mol. The van der Waals surface area contributed by atoms with Gasteiger partial charge in [0.1, 0.15) is 0 Å². The van der Waals surface area contributed by atoms with Crippen LogP contribution >= 0.6 is 11.6 Å². The van der Waals surface area contributed by atoms with Crippen molar-refractivity contribution in [1.82, 2.24) is 4.90 Å². The van der Waals surface area contributed by atoms with Crippen molar-refractivity contribution in [1.29, 1.82) is 0 Å². The van der Waals surface area contributed by atoms with Gasteiger partial charge in [0.25, 0.3) is 0 Å². The summed E-state index contributed by atoms with van der Waals surface area (Å²) in [5.74, 6) is 0. The maximum atomic E-state index is 12.1. The second-order valence-corrected chi connectivity index (χ2v) is 3.97. The molecule has 0 amide bonds. The second-order valence-electron chi connectivity index (χ2n) is 3.54. The van der Waals surface area contributed by atoms with Crippen LogP contribution in [0.5, 0.6) is 0 Å². The number of benzene rings is 1. The fourth-order valence-corrected chi connectivity index (χ4v) is 1.58. The molecule has 0 atom stereocenters. The van der Waals surface area contributed by atoms with Crippen molar-refractivity contribution < 1.29 is 64.3 Å². The Morgan fingerprint density at radius 3 is 2.44 bits per heavy atom. The zero-order chi connectivity index (χ0) is 11.5. The third-order valence-corrected chi connectivity index (χ3v) is 2.10. The molecule has 0 spiro atoms. The maximum Gasteiger partial charge on any atom is 1.00 e. The number of rotatable bonds is 4. The monoisotopic (exact) mass is 275 g/mol. The first-order chi connectivity index (χ1) is 6.87. The molecular formula is C9H11BClF3KN. The van der Waals surface area contributed by atoms with Gasteiger partial charge >= 0.3 is 58.4 Å². The molecule has 0 bridgehead atoms. The molecule has 0 N–H and O–H groups in total. The molecule has 0 unspecified atom stereocenters. The average molecular weight is 276 g/mol. The minimum atomic E-state index is -4.76. The Morgan fingerprint density at radius 2 is 1.94 bits per heavy atom. The van der Waals surface area contributed by atoms with Gasteiger partial charge in [-0.2, -0.15) is 0 Å². The predicted octanol–water partition coefficient (Wildman–Crippen LogP) is 0.162. The second kappa shape index (κ2) is 7.41. The number of hydrogen-bond acceptors (Lipinski definition) is 1. The SMILES string of the molecule is CN(Cc1cccc(Cl)c1)C[B-](F)(F)F.[K+]. The van der Waals surface area contributed by atoms with E-state index in [1.807, 2.05) is 0 Å². The summed E-state index contributed by atoms with van der Waals surface area (Å²) in [5, 5.41) is 0.540. The Bertz CT molecular complexity index is 335. The molecule has 7 heteroatoms. The van der Waals surface area contributed by atoms with E-state index in [-0.39, 0.29) is 57.9 Å². The number of hydrogen-bond donors (Lipinski definition) is 0. The Labute approximate surface area is 141 Å². The normalized spacial score (nSPS) is 11.4. The molecule has 1 nitrogen and oxygen atoms in total. The van der Waals surface area contributed by atoms with Crippen molar-refractivity contribution in [3.8, 4) is 0 Å². The van der Waals surface area contributed by atoms with Crippen molar-refractivity contribution in [3.63, 3.8) is 0 Å². The van der Waals surface area contributed by atoms with Crippen molar-refractivity contribution in [3.05, 3.63) is 34.9 Å². The van der Waals surface area contributed by atoms with Crippen LogP contribution in [0.1, 0.15) is 5.56 Å². The van der Waals surface area contributed by atoms with E-state index >= 15 is 0 Å². The van der Waals surface area contributed by atoms with Crippen molar-refractivity contribution >= 4 is 18.6 Å². The van der Waals surface area contributed by atoms with Crippen LogP contribution < -0.4 is 51.4 Å². The van der Waals surface area contributed by atoms with Gasteiger partial charge in [0, 0.05) is 11.6 Å². The van der Waals surface area contributed by atoms with Gasteiger partial charge in [-0.3, -0.25) is 0 Å². The Kier molecular flexibility index (Phi) is 7.85. The standard InChI is InChI=1S/C9H11BClF3N.K/c1-15(7-10(12,13)14)6-8-3-2-4-9(11)5-8;/h2-5H,6-7H2,1H3;/q-1;+1. The fraction of sp³-hybridized carbons (Fsp3) is 0.333. The summed E-state index contributed by atoms with van der Waals surface area (Å²) in [4.78, 5) is 1.23. The number of nitrogens with zero attached hydrogens (tertiary/aromatic N) is 1. The van der Waals surface area contributed by atoms with Crippen molar-refractivity contribution in [2.75, 3.05) is 13.5 Å².